The number of alkyl carbamates (subject to hydrolysis) is 1. The Morgan fingerprint density at radius 3 is 2.68 bits per heavy atom. The minimum absolute atomic E-state index is 0.0494. The molecule has 3 heterocycles. The lowest BCUT2D eigenvalue weighted by Crippen LogP contribution is -2.45. The van der Waals surface area contributed by atoms with E-state index in [1.165, 1.54) is 4.57 Å². The Labute approximate surface area is 210 Å². The SMILES string of the molecule is Cc1nc2c(NC(=O)c3coc(CNC(=O)OC(C)(C)C)n3)cccc2c(=O)n1C1CCC(=O)NC1=O. The number of imide groups is 1. The zero-order valence-electron chi connectivity index (χ0n) is 20.7. The van der Waals surface area contributed by atoms with Gasteiger partial charge in [-0.2, -0.15) is 0 Å². The third-order valence-corrected chi connectivity index (χ3v) is 5.44. The number of aromatic nitrogens is 3. The fourth-order valence-electron chi connectivity index (χ4n) is 3.87. The number of oxazole rings is 1. The van der Waals surface area contributed by atoms with Gasteiger partial charge in [-0.25, -0.2) is 14.8 Å². The van der Waals surface area contributed by atoms with Gasteiger partial charge >= 0.3 is 6.09 Å². The van der Waals surface area contributed by atoms with E-state index in [4.69, 9.17) is 9.15 Å². The highest BCUT2D eigenvalue weighted by Gasteiger charge is 2.30. The number of para-hydroxylation sites is 1. The number of aryl methyl sites for hydroxylation is 1. The molecule has 13 nitrogen and oxygen atoms in total. The van der Waals surface area contributed by atoms with Crippen LogP contribution >= 0.6 is 0 Å². The maximum Gasteiger partial charge on any atom is 0.408 e. The lowest BCUT2D eigenvalue weighted by molar-refractivity contribution is -0.135. The van der Waals surface area contributed by atoms with Crippen LogP contribution in [0.1, 0.15) is 61.9 Å². The molecule has 1 atom stereocenters. The smallest absolute Gasteiger partial charge is 0.408 e. The van der Waals surface area contributed by atoms with Crippen LogP contribution in [-0.4, -0.2) is 44.0 Å². The van der Waals surface area contributed by atoms with Gasteiger partial charge in [-0.3, -0.25) is 29.1 Å². The number of piperidine rings is 1. The summed E-state index contributed by atoms with van der Waals surface area (Å²) >= 11 is 0. The predicted molar refractivity (Wildman–Crippen MR) is 130 cm³/mol. The number of carbonyl (C=O) groups excluding carboxylic acids is 4. The number of ether oxygens (including phenoxy) is 1. The second-order valence-electron chi connectivity index (χ2n) is 9.44. The molecule has 3 N–H and O–H groups in total. The molecule has 0 bridgehead atoms. The van der Waals surface area contributed by atoms with E-state index in [0.717, 1.165) is 6.26 Å². The highest BCUT2D eigenvalue weighted by Crippen LogP contribution is 2.24. The van der Waals surface area contributed by atoms with Gasteiger partial charge in [-0.15, -0.1) is 0 Å². The quantitative estimate of drug-likeness (QED) is 0.433. The molecule has 0 radical (unpaired) electrons. The summed E-state index contributed by atoms with van der Waals surface area (Å²) in [6.07, 6.45) is 0.786. The molecule has 1 unspecified atom stereocenters. The zero-order valence-corrected chi connectivity index (χ0v) is 20.7. The summed E-state index contributed by atoms with van der Waals surface area (Å²) in [7, 11) is 0. The van der Waals surface area contributed by atoms with Crippen LogP contribution in [0.25, 0.3) is 10.9 Å². The van der Waals surface area contributed by atoms with E-state index in [0.29, 0.717) is 0 Å². The number of nitrogens with one attached hydrogen (secondary N) is 3. The summed E-state index contributed by atoms with van der Waals surface area (Å²) in [6, 6.07) is 3.83. The largest absolute Gasteiger partial charge is 0.446 e. The number of amides is 4. The van der Waals surface area contributed by atoms with Crippen molar-refractivity contribution < 1.29 is 28.3 Å². The molecule has 4 amide bonds. The number of rotatable bonds is 5. The van der Waals surface area contributed by atoms with Crippen LogP contribution in [0.2, 0.25) is 0 Å². The van der Waals surface area contributed by atoms with E-state index in [9.17, 15) is 24.0 Å². The van der Waals surface area contributed by atoms with Crippen LogP contribution in [-0.2, 0) is 20.9 Å². The standard InChI is InChI=1S/C24H26N6O7/c1-12-26-19-13(22(34)30(12)16-8-9-17(31)29-21(16)33)6-5-7-14(19)28-20(32)15-11-36-18(27-15)10-25-23(35)37-24(2,3)4/h5-7,11,16H,8-10H2,1-4H3,(H,25,35)(H,28,32)(H,29,31,33). The van der Waals surface area contributed by atoms with Crippen molar-refractivity contribution in [3.63, 3.8) is 0 Å². The van der Waals surface area contributed by atoms with E-state index in [-0.39, 0.29) is 59.3 Å². The first-order valence-electron chi connectivity index (χ1n) is 11.5. The van der Waals surface area contributed by atoms with Gasteiger partial charge in [0.1, 0.15) is 29.2 Å². The van der Waals surface area contributed by atoms with Crippen LogP contribution in [0.15, 0.2) is 33.7 Å². The van der Waals surface area contributed by atoms with Gasteiger partial charge in [0.15, 0.2) is 5.69 Å². The molecule has 13 heteroatoms. The van der Waals surface area contributed by atoms with Gasteiger partial charge in [0.2, 0.25) is 17.7 Å². The van der Waals surface area contributed by atoms with E-state index in [1.807, 2.05) is 0 Å². The molecular weight excluding hydrogens is 484 g/mol. The summed E-state index contributed by atoms with van der Waals surface area (Å²) < 4.78 is 11.7. The predicted octanol–water partition coefficient (Wildman–Crippen LogP) is 1.95. The normalized spacial score (nSPS) is 15.8. The van der Waals surface area contributed by atoms with E-state index in [1.54, 1.807) is 45.9 Å². The molecule has 37 heavy (non-hydrogen) atoms. The summed E-state index contributed by atoms with van der Waals surface area (Å²) in [4.78, 5) is 70.3. The number of anilines is 1. The van der Waals surface area contributed by atoms with Crippen molar-refractivity contribution in [2.45, 2.75) is 58.7 Å². The van der Waals surface area contributed by atoms with Crippen molar-refractivity contribution in [3.05, 3.63) is 52.2 Å². The van der Waals surface area contributed by atoms with E-state index >= 15 is 0 Å². The highest BCUT2D eigenvalue weighted by molar-refractivity contribution is 6.07. The Hall–Kier alpha value is -4.55. The van der Waals surface area contributed by atoms with Gasteiger partial charge in [0.25, 0.3) is 11.5 Å². The molecular formula is C24H26N6O7. The van der Waals surface area contributed by atoms with E-state index < -0.39 is 35.1 Å². The Morgan fingerprint density at radius 2 is 1.97 bits per heavy atom. The molecule has 0 aliphatic carbocycles. The lowest BCUT2D eigenvalue weighted by atomic mass is 10.1. The van der Waals surface area contributed by atoms with E-state index in [2.05, 4.69) is 25.9 Å². The molecule has 3 aromatic rings. The molecule has 194 valence electrons. The minimum Gasteiger partial charge on any atom is -0.446 e. The monoisotopic (exact) mass is 510 g/mol. The first kappa shape index (κ1) is 25.5. The van der Waals surface area contributed by atoms with Crippen molar-refractivity contribution in [2.24, 2.45) is 0 Å². The van der Waals surface area contributed by atoms with Gasteiger partial charge in [-0.05, 0) is 46.2 Å². The van der Waals surface area contributed by atoms with Crippen LogP contribution in [0.4, 0.5) is 10.5 Å². The van der Waals surface area contributed by atoms with Crippen molar-refractivity contribution >= 4 is 40.4 Å². The summed E-state index contributed by atoms with van der Waals surface area (Å²) in [5.74, 6) is -1.22. The van der Waals surface area contributed by atoms with Crippen molar-refractivity contribution in [3.8, 4) is 0 Å². The fourth-order valence-corrected chi connectivity index (χ4v) is 3.87. The first-order chi connectivity index (χ1) is 17.4. The number of hydrogen-bond acceptors (Lipinski definition) is 9. The summed E-state index contributed by atoms with van der Waals surface area (Å²) in [5, 5.41) is 7.59. The maximum absolute atomic E-state index is 13.3. The molecule has 0 spiro atoms. The third-order valence-electron chi connectivity index (χ3n) is 5.44. The number of benzene rings is 1. The first-order valence-corrected chi connectivity index (χ1v) is 11.5. The topological polar surface area (TPSA) is 175 Å². The highest BCUT2D eigenvalue weighted by atomic mass is 16.6. The molecule has 1 saturated heterocycles. The lowest BCUT2D eigenvalue weighted by Gasteiger charge is -2.24. The van der Waals surface area contributed by atoms with Crippen molar-refractivity contribution in [1.82, 2.24) is 25.2 Å². The Balaban J connectivity index is 1.53. The number of hydrogen-bond donors (Lipinski definition) is 3. The van der Waals surface area contributed by atoms with Crippen molar-refractivity contribution in [1.29, 1.82) is 0 Å². The van der Waals surface area contributed by atoms with Gasteiger partial charge < -0.3 is 19.8 Å². The van der Waals surface area contributed by atoms with Gasteiger partial charge in [0, 0.05) is 6.42 Å². The second kappa shape index (κ2) is 9.84. The zero-order chi connectivity index (χ0) is 26.9. The van der Waals surface area contributed by atoms with Gasteiger partial charge in [0.05, 0.1) is 17.6 Å². The van der Waals surface area contributed by atoms with Gasteiger partial charge in [-0.1, -0.05) is 6.07 Å². The summed E-state index contributed by atoms with van der Waals surface area (Å²) in [6.45, 7) is 6.68. The fraction of sp³-hybridized carbons (Fsp3) is 0.375. The summed E-state index contributed by atoms with van der Waals surface area (Å²) in [5.41, 5.74) is -0.690. The molecule has 1 aliphatic heterocycles. The average Bonchev–Trinajstić information content (AvgIpc) is 3.28. The van der Waals surface area contributed by atoms with Crippen molar-refractivity contribution in [2.75, 3.05) is 5.32 Å². The van der Waals surface area contributed by atoms with Crippen LogP contribution < -0.4 is 21.5 Å². The molecule has 0 saturated carbocycles. The Kier molecular flexibility index (Phi) is 6.79. The molecule has 1 fully saturated rings. The molecule has 1 aromatic carbocycles. The minimum atomic E-state index is -0.858. The molecule has 1 aliphatic rings. The number of fused-ring (bicyclic) bond motifs is 1. The molecule has 4 rings (SSSR count). The Morgan fingerprint density at radius 1 is 1.22 bits per heavy atom. The number of nitrogens with zero attached hydrogens (tertiary/aromatic N) is 3. The molecule has 2 aromatic heterocycles. The van der Waals surface area contributed by atoms with Crippen LogP contribution in [0.3, 0.4) is 0 Å². The number of carbonyl (C=O) groups is 4. The maximum atomic E-state index is 13.3. The Bertz CT molecular complexity index is 1470. The van der Waals surface area contributed by atoms with Crippen LogP contribution in [0, 0.1) is 6.92 Å². The third kappa shape index (κ3) is 5.66. The van der Waals surface area contributed by atoms with Crippen LogP contribution in [0.5, 0.6) is 0 Å². The average molecular weight is 511 g/mol. The second-order valence-corrected chi connectivity index (χ2v) is 9.44.